The van der Waals surface area contributed by atoms with Crippen LogP contribution in [0.25, 0.3) is 0 Å². The number of hydrogen-bond donors (Lipinski definition) is 2. The molecule has 0 spiro atoms. The van der Waals surface area contributed by atoms with Gasteiger partial charge in [-0.25, -0.2) is 9.18 Å². The lowest BCUT2D eigenvalue weighted by atomic mass is 10.2. The molecule has 0 aliphatic rings. The third-order valence-corrected chi connectivity index (χ3v) is 3.90. The van der Waals surface area contributed by atoms with E-state index in [0.717, 1.165) is 12.1 Å². The normalized spacial score (nSPS) is 12.6. The van der Waals surface area contributed by atoms with Crippen molar-refractivity contribution in [1.82, 2.24) is 5.32 Å². The Bertz CT molecular complexity index is 845. The van der Waals surface area contributed by atoms with Crippen LogP contribution in [0.5, 0.6) is 0 Å². The second kappa shape index (κ2) is 9.14. The minimum atomic E-state index is -1.14. The number of halogens is 2. The third-order valence-electron chi connectivity index (χ3n) is 3.59. The highest BCUT2D eigenvalue weighted by molar-refractivity contribution is 6.33. The summed E-state index contributed by atoms with van der Waals surface area (Å²) in [6.45, 7) is 2.82. The Kier molecular flexibility index (Phi) is 6.90. The van der Waals surface area contributed by atoms with E-state index in [0.29, 0.717) is 5.56 Å². The van der Waals surface area contributed by atoms with E-state index in [2.05, 4.69) is 10.6 Å². The summed E-state index contributed by atoms with van der Waals surface area (Å²) in [4.78, 5) is 36.3. The fourth-order valence-corrected chi connectivity index (χ4v) is 2.30. The van der Waals surface area contributed by atoms with Crippen LogP contribution in [0.2, 0.25) is 5.02 Å². The van der Waals surface area contributed by atoms with Gasteiger partial charge >= 0.3 is 5.97 Å². The van der Waals surface area contributed by atoms with Gasteiger partial charge in [0.05, 0.1) is 10.7 Å². The van der Waals surface area contributed by atoms with Crippen LogP contribution in [0.4, 0.5) is 10.1 Å². The maximum absolute atomic E-state index is 13.0. The van der Waals surface area contributed by atoms with E-state index < -0.39 is 35.7 Å². The number of amides is 2. The lowest BCUT2D eigenvalue weighted by molar-refractivity contribution is -0.154. The summed E-state index contributed by atoms with van der Waals surface area (Å²) in [5.74, 6) is -2.39. The summed E-state index contributed by atoms with van der Waals surface area (Å²) in [5.41, 5.74) is 0.588. The van der Waals surface area contributed by atoms with Crippen molar-refractivity contribution in [3.8, 4) is 0 Å². The Morgan fingerprint density at radius 3 is 2.37 bits per heavy atom. The SMILES string of the molecule is C[C@H](NC(=O)c1ccccc1)C(=O)O[C@@H](C)C(=O)Nc1ccc(F)cc1Cl. The van der Waals surface area contributed by atoms with Gasteiger partial charge < -0.3 is 15.4 Å². The zero-order valence-corrected chi connectivity index (χ0v) is 15.4. The van der Waals surface area contributed by atoms with Crippen molar-refractivity contribution in [2.45, 2.75) is 26.0 Å². The van der Waals surface area contributed by atoms with E-state index >= 15 is 0 Å². The summed E-state index contributed by atoms with van der Waals surface area (Å²) >= 11 is 5.84. The van der Waals surface area contributed by atoms with Gasteiger partial charge in [-0.2, -0.15) is 0 Å². The summed E-state index contributed by atoms with van der Waals surface area (Å²) in [6, 6.07) is 10.9. The van der Waals surface area contributed by atoms with Crippen molar-refractivity contribution in [3.05, 3.63) is 64.9 Å². The van der Waals surface area contributed by atoms with Gasteiger partial charge in [-0.15, -0.1) is 0 Å². The van der Waals surface area contributed by atoms with Crippen LogP contribution >= 0.6 is 11.6 Å². The van der Waals surface area contributed by atoms with E-state index in [1.807, 2.05) is 0 Å². The lowest BCUT2D eigenvalue weighted by Gasteiger charge is -2.18. The molecule has 0 aromatic heterocycles. The largest absolute Gasteiger partial charge is 0.451 e. The molecule has 0 bridgehead atoms. The van der Waals surface area contributed by atoms with Gasteiger partial charge in [0.25, 0.3) is 11.8 Å². The number of ether oxygens (including phenoxy) is 1. The fourth-order valence-electron chi connectivity index (χ4n) is 2.08. The van der Waals surface area contributed by atoms with Crippen LogP contribution in [0.3, 0.4) is 0 Å². The Morgan fingerprint density at radius 2 is 1.74 bits per heavy atom. The van der Waals surface area contributed by atoms with Gasteiger partial charge in [0, 0.05) is 5.56 Å². The number of carbonyl (C=O) groups excluding carboxylic acids is 3. The smallest absolute Gasteiger partial charge is 0.329 e. The molecule has 27 heavy (non-hydrogen) atoms. The molecule has 6 nitrogen and oxygen atoms in total. The molecule has 0 aliphatic carbocycles. The molecule has 2 amide bonds. The van der Waals surface area contributed by atoms with E-state index in [9.17, 15) is 18.8 Å². The zero-order chi connectivity index (χ0) is 20.0. The molecule has 0 heterocycles. The summed E-state index contributed by atoms with van der Waals surface area (Å²) in [5, 5.41) is 4.96. The average Bonchev–Trinajstić information content (AvgIpc) is 2.64. The van der Waals surface area contributed by atoms with Crippen molar-refractivity contribution in [2.24, 2.45) is 0 Å². The highest BCUT2D eigenvalue weighted by Crippen LogP contribution is 2.22. The van der Waals surface area contributed by atoms with Gasteiger partial charge in [-0.1, -0.05) is 29.8 Å². The molecule has 2 rings (SSSR count). The predicted octanol–water partition coefficient (Wildman–Crippen LogP) is 3.17. The van der Waals surface area contributed by atoms with Crippen LogP contribution in [0, 0.1) is 5.82 Å². The Balaban J connectivity index is 1.89. The van der Waals surface area contributed by atoms with Gasteiger partial charge in [-0.3, -0.25) is 9.59 Å². The molecular weight excluding hydrogens is 375 g/mol. The predicted molar refractivity (Wildman–Crippen MR) is 99.0 cm³/mol. The van der Waals surface area contributed by atoms with Crippen molar-refractivity contribution in [1.29, 1.82) is 0 Å². The standard InChI is InChI=1S/C19H18ClFN2O4/c1-11(22-18(25)13-6-4-3-5-7-13)19(26)27-12(2)17(24)23-16-9-8-14(21)10-15(16)20/h3-12H,1-2H3,(H,22,25)(H,23,24)/t11-,12-/m0/s1. The quantitative estimate of drug-likeness (QED) is 0.739. The highest BCUT2D eigenvalue weighted by atomic mass is 35.5. The Hall–Kier alpha value is -2.93. The molecule has 142 valence electrons. The molecule has 2 aromatic rings. The topological polar surface area (TPSA) is 84.5 Å². The van der Waals surface area contributed by atoms with Gasteiger partial charge in [0.15, 0.2) is 6.10 Å². The number of carbonyl (C=O) groups is 3. The third kappa shape index (κ3) is 5.79. The molecule has 8 heteroatoms. The van der Waals surface area contributed by atoms with Gasteiger partial charge in [0.2, 0.25) is 0 Å². The number of nitrogens with one attached hydrogen (secondary N) is 2. The van der Waals surface area contributed by atoms with E-state index in [1.54, 1.807) is 30.3 Å². The number of benzene rings is 2. The first-order chi connectivity index (χ1) is 12.8. The first-order valence-corrected chi connectivity index (χ1v) is 8.48. The van der Waals surface area contributed by atoms with Crippen molar-refractivity contribution < 1.29 is 23.5 Å². The number of rotatable bonds is 6. The van der Waals surface area contributed by atoms with Crippen LogP contribution < -0.4 is 10.6 Å². The average molecular weight is 393 g/mol. The molecule has 2 aromatic carbocycles. The van der Waals surface area contributed by atoms with Gasteiger partial charge in [0.1, 0.15) is 11.9 Å². The molecule has 2 atom stereocenters. The minimum Gasteiger partial charge on any atom is -0.451 e. The maximum Gasteiger partial charge on any atom is 0.329 e. The van der Waals surface area contributed by atoms with E-state index in [1.165, 1.54) is 19.9 Å². The van der Waals surface area contributed by atoms with Crippen molar-refractivity contribution >= 4 is 35.1 Å². The Morgan fingerprint density at radius 1 is 1.07 bits per heavy atom. The van der Waals surface area contributed by atoms with Gasteiger partial charge in [-0.05, 0) is 44.2 Å². The molecule has 0 fully saturated rings. The van der Waals surface area contributed by atoms with E-state index in [-0.39, 0.29) is 10.7 Å². The first-order valence-electron chi connectivity index (χ1n) is 8.10. The summed E-state index contributed by atoms with van der Waals surface area (Å²) in [7, 11) is 0. The molecule has 0 radical (unpaired) electrons. The number of esters is 1. The molecular formula is C19H18ClFN2O4. The number of anilines is 1. The minimum absolute atomic E-state index is 0.0189. The lowest BCUT2D eigenvalue weighted by Crippen LogP contribution is -2.42. The second-order valence-corrected chi connectivity index (χ2v) is 6.16. The summed E-state index contributed by atoms with van der Waals surface area (Å²) in [6.07, 6.45) is -1.14. The van der Waals surface area contributed by atoms with Crippen molar-refractivity contribution in [3.63, 3.8) is 0 Å². The monoisotopic (exact) mass is 392 g/mol. The maximum atomic E-state index is 13.0. The first kappa shape index (κ1) is 20.4. The molecule has 0 saturated carbocycles. The summed E-state index contributed by atoms with van der Waals surface area (Å²) < 4.78 is 18.1. The second-order valence-electron chi connectivity index (χ2n) is 5.75. The van der Waals surface area contributed by atoms with Crippen LogP contribution in [-0.4, -0.2) is 29.9 Å². The molecule has 0 saturated heterocycles. The molecule has 0 unspecified atom stereocenters. The fraction of sp³-hybridized carbons (Fsp3) is 0.211. The number of hydrogen-bond acceptors (Lipinski definition) is 4. The van der Waals surface area contributed by atoms with Crippen LogP contribution in [0.15, 0.2) is 48.5 Å². The van der Waals surface area contributed by atoms with E-state index in [4.69, 9.17) is 16.3 Å². The highest BCUT2D eigenvalue weighted by Gasteiger charge is 2.24. The molecule has 0 aliphatic heterocycles. The zero-order valence-electron chi connectivity index (χ0n) is 14.7. The molecule has 2 N–H and O–H groups in total. The van der Waals surface area contributed by atoms with Crippen molar-refractivity contribution in [2.75, 3.05) is 5.32 Å². The van der Waals surface area contributed by atoms with Crippen LogP contribution in [0.1, 0.15) is 24.2 Å². The van der Waals surface area contributed by atoms with Crippen LogP contribution in [-0.2, 0) is 14.3 Å². The Labute approximate surface area is 160 Å².